The maximum atomic E-state index is 11.0. The predicted octanol–water partition coefficient (Wildman–Crippen LogP) is 4.73. The third-order valence-corrected chi connectivity index (χ3v) is 4.17. The Morgan fingerprint density at radius 2 is 1.19 bits per heavy atom. The summed E-state index contributed by atoms with van der Waals surface area (Å²) in [5.74, 6) is -2.02. The second-order valence-electron chi connectivity index (χ2n) is 6.39. The molecule has 0 bridgehead atoms. The summed E-state index contributed by atoms with van der Waals surface area (Å²) in [6.45, 7) is 2.70. The molecule has 0 amide bonds. The van der Waals surface area contributed by atoms with Gasteiger partial charge in [-0.2, -0.15) is 0 Å². The van der Waals surface area contributed by atoms with Crippen molar-refractivity contribution in [2.24, 2.45) is 0 Å². The summed E-state index contributed by atoms with van der Waals surface area (Å²) in [4.78, 5) is 22.1. The van der Waals surface area contributed by atoms with E-state index in [0.717, 1.165) is 18.9 Å². The number of benzene rings is 1. The summed E-state index contributed by atoms with van der Waals surface area (Å²) in [5.41, 5.74) is -0.143. The number of unbranched alkanes of at least 4 members (excludes halogenated alkanes) is 9. The van der Waals surface area contributed by atoms with Crippen molar-refractivity contribution >= 4 is 63.3 Å². The Bertz CT molecular complexity index is 513. The molecule has 6 heteroatoms. The molecular formula is C20H31KO5. The van der Waals surface area contributed by atoms with Crippen LogP contribution in [0.2, 0.25) is 0 Å². The number of rotatable bonds is 14. The summed E-state index contributed by atoms with van der Waals surface area (Å²) < 4.78 is 5.53. The van der Waals surface area contributed by atoms with Crippen molar-refractivity contribution in [1.82, 2.24) is 0 Å². The molecule has 142 valence electrons. The summed E-state index contributed by atoms with van der Waals surface area (Å²) in [6.07, 6.45) is 12.3. The topological polar surface area (TPSA) is 83.8 Å². The molecule has 0 spiro atoms. The molecule has 0 aliphatic rings. The summed E-state index contributed by atoms with van der Waals surface area (Å²) in [6, 6.07) is 3.87. The average Bonchev–Trinajstić information content (AvgIpc) is 2.59. The van der Waals surface area contributed by atoms with Gasteiger partial charge < -0.3 is 14.9 Å². The Balaban J connectivity index is 0.00000625. The molecular weight excluding hydrogens is 359 g/mol. The number of hydrogen-bond acceptors (Lipinski definition) is 3. The van der Waals surface area contributed by atoms with Crippen LogP contribution in [-0.4, -0.2) is 80.1 Å². The number of carboxylic acids is 2. The van der Waals surface area contributed by atoms with Crippen LogP contribution < -0.4 is 4.74 Å². The summed E-state index contributed by atoms with van der Waals surface area (Å²) in [7, 11) is 0. The van der Waals surface area contributed by atoms with E-state index in [4.69, 9.17) is 14.9 Å². The van der Waals surface area contributed by atoms with Crippen molar-refractivity contribution in [2.45, 2.75) is 71.1 Å². The van der Waals surface area contributed by atoms with Crippen LogP contribution in [0.4, 0.5) is 0 Å². The van der Waals surface area contributed by atoms with E-state index in [1.54, 1.807) is 0 Å². The molecule has 0 radical (unpaired) electrons. The van der Waals surface area contributed by atoms with Gasteiger partial charge in [0.2, 0.25) is 0 Å². The zero-order valence-electron chi connectivity index (χ0n) is 15.1. The second kappa shape index (κ2) is 15.6. The molecule has 1 aromatic carbocycles. The Hall–Kier alpha value is -0.404. The first-order valence-corrected chi connectivity index (χ1v) is 9.29. The Kier molecular flexibility index (Phi) is 15.4. The van der Waals surface area contributed by atoms with Crippen molar-refractivity contribution in [2.75, 3.05) is 6.61 Å². The van der Waals surface area contributed by atoms with Crippen LogP contribution in [0.25, 0.3) is 0 Å². The maximum absolute atomic E-state index is 11.0. The van der Waals surface area contributed by atoms with E-state index in [1.165, 1.54) is 63.5 Å². The molecule has 2 N–H and O–H groups in total. The first kappa shape index (κ1) is 25.6. The van der Waals surface area contributed by atoms with Crippen LogP contribution in [0.3, 0.4) is 0 Å². The van der Waals surface area contributed by atoms with E-state index in [1.807, 2.05) is 0 Å². The molecule has 0 atom stereocenters. The van der Waals surface area contributed by atoms with Gasteiger partial charge in [-0.15, -0.1) is 0 Å². The van der Waals surface area contributed by atoms with E-state index in [-0.39, 0.29) is 62.5 Å². The van der Waals surface area contributed by atoms with Crippen LogP contribution >= 0.6 is 0 Å². The molecule has 0 unspecified atom stereocenters. The van der Waals surface area contributed by atoms with E-state index in [9.17, 15) is 9.59 Å². The van der Waals surface area contributed by atoms with Gasteiger partial charge in [0.25, 0.3) is 0 Å². The minimum absolute atomic E-state index is 0. The van der Waals surface area contributed by atoms with Crippen LogP contribution in [-0.2, 0) is 0 Å². The Labute approximate surface area is 198 Å². The van der Waals surface area contributed by atoms with Gasteiger partial charge in [0, 0.05) is 0 Å². The Morgan fingerprint density at radius 1 is 0.769 bits per heavy atom. The second-order valence-corrected chi connectivity index (χ2v) is 6.39. The van der Waals surface area contributed by atoms with Crippen LogP contribution in [0, 0.1) is 0 Å². The molecule has 1 rings (SSSR count). The molecule has 0 saturated heterocycles. The van der Waals surface area contributed by atoms with Crippen molar-refractivity contribution < 1.29 is 24.5 Å². The average molecular weight is 391 g/mol. The first-order valence-electron chi connectivity index (χ1n) is 9.29. The minimum atomic E-state index is -1.16. The predicted molar refractivity (Wildman–Crippen MR) is 105 cm³/mol. The molecule has 0 heterocycles. The molecule has 26 heavy (non-hydrogen) atoms. The molecule has 5 nitrogen and oxygen atoms in total. The van der Waals surface area contributed by atoms with Gasteiger partial charge in [0.15, 0.2) is 0 Å². The normalized spacial score (nSPS) is 10.2. The molecule has 0 saturated carbocycles. The summed E-state index contributed by atoms with van der Waals surface area (Å²) >= 11 is 0. The Morgan fingerprint density at radius 3 is 1.62 bits per heavy atom. The van der Waals surface area contributed by atoms with E-state index in [0.29, 0.717) is 12.4 Å². The van der Waals surface area contributed by atoms with Gasteiger partial charge in [-0.3, -0.25) is 0 Å². The number of carboxylic acid groups (broad SMARTS) is 2. The van der Waals surface area contributed by atoms with Crippen LogP contribution in [0.1, 0.15) is 91.8 Å². The zero-order chi connectivity index (χ0) is 18.5. The van der Waals surface area contributed by atoms with Crippen molar-refractivity contribution in [3.05, 3.63) is 29.3 Å². The van der Waals surface area contributed by atoms with Gasteiger partial charge >= 0.3 is 63.3 Å². The zero-order valence-corrected chi connectivity index (χ0v) is 15.1. The van der Waals surface area contributed by atoms with E-state index >= 15 is 0 Å². The van der Waals surface area contributed by atoms with E-state index in [2.05, 4.69) is 6.92 Å². The van der Waals surface area contributed by atoms with Crippen molar-refractivity contribution in [3.8, 4) is 5.75 Å². The molecule has 0 aliphatic heterocycles. The monoisotopic (exact) mass is 390 g/mol. The number of carbonyl (C=O) groups is 2. The fraction of sp³-hybridized carbons (Fsp3) is 0.600. The molecule has 0 aromatic heterocycles. The third-order valence-electron chi connectivity index (χ3n) is 4.17. The number of hydrogen-bond donors (Lipinski definition) is 2. The molecule has 0 aliphatic carbocycles. The molecule has 1 aromatic rings. The van der Waals surface area contributed by atoms with Gasteiger partial charge in [0.1, 0.15) is 5.75 Å². The van der Waals surface area contributed by atoms with Crippen molar-refractivity contribution in [3.63, 3.8) is 0 Å². The number of ether oxygens (including phenoxy) is 1. The van der Waals surface area contributed by atoms with Crippen molar-refractivity contribution in [1.29, 1.82) is 0 Å². The first-order chi connectivity index (χ1) is 12.0. The third kappa shape index (κ3) is 11.3. The van der Waals surface area contributed by atoms with E-state index < -0.39 is 11.9 Å². The van der Waals surface area contributed by atoms with Crippen LogP contribution in [0.15, 0.2) is 18.2 Å². The fourth-order valence-corrected chi connectivity index (χ4v) is 2.71. The SMILES string of the molecule is CCCCCCCCCCCCOc1cc(C(=O)O)cc(C(=O)O)c1.[KH]. The fourth-order valence-electron chi connectivity index (χ4n) is 2.71. The summed E-state index contributed by atoms with van der Waals surface area (Å²) in [5, 5.41) is 18.1. The van der Waals surface area contributed by atoms with Gasteiger partial charge in [-0.1, -0.05) is 64.7 Å². The standard InChI is InChI=1S/C20H30O5.K.H/c1-2-3-4-5-6-7-8-9-10-11-12-25-18-14-16(19(21)22)13-17(15-18)20(23)24;;/h13-15H,2-12H2,1H3,(H,21,22)(H,23,24);;. The molecule has 0 fully saturated rings. The van der Waals surface area contributed by atoms with Gasteiger partial charge in [0.05, 0.1) is 17.7 Å². The quantitative estimate of drug-likeness (QED) is 0.354. The van der Waals surface area contributed by atoms with Gasteiger partial charge in [-0.25, -0.2) is 9.59 Å². The van der Waals surface area contributed by atoms with Gasteiger partial charge in [-0.05, 0) is 24.6 Å². The van der Waals surface area contributed by atoms with Crippen LogP contribution in [0.5, 0.6) is 5.75 Å². The number of aromatic carboxylic acids is 2.